The molecule has 0 saturated carbocycles. The van der Waals surface area contributed by atoms with Crippen molar-refractivity contribution in [1.82, 2.24) is 10.2 Å². The van der Waals surface area contributed by atoms with Gasteiger partial charge in [-0.05, 0) is 55.6 Å². The first kappa shape index (κ1) is 14.3. The van der Waals surface area contributed by atoms with Gasteiger partial charge in [0.2, 0.25) is 5.91 Å². The Morgan fingerprint density at radius 2 is 1.91 bits per heavy atom. The molecule has 3 nitrogen and oxygen atoms in total. The number of aryl methyl sites for hydroxylation is 1. The quantitative estimate of drug-likeness (QED) is 0.910. The first-order chi connectivity index (χ1) is 10.8. The van der Waals surface area contributed by atoms with E-state index in [2.05, 4.69) is 34.5 Å². The van der Waals surface area contributed by atoms with Crippen LogP contribution in [0.25, 0.3) is 0 Å². The monoisotopic (exact) mass is 298 g/mol. The number of fused-ring (bicyclic) bond motifs is 3. The normalized spacial score (nSPS) is 30.7. The van der Waals surface area contributed by atoms with Crippen LogP contribution in [0.2, 0.25) is 0 Å². The second-order valence-electron chi connectivity index (χ2n) is 7.35. The third-order valence-corrected chi connectivity index (χ3v) is 5.79. The van der Waals surface area contributed by atoms with E-state index in [0.717, 1.165) is 38.8 Å². The van der Waals surface area contributed by atoms with Crippen LogP contribution in [0.1, 0.15) is 43.2 Å². The van der Waals surface area contributed by atoms with E-state index in [-0.39, 0.29) is 0 Å². The molecule has 22 heavy (non-hydrogen) atoms. The van der Waals surface area contributed by atoms with Gasteiger partial charge in [-0.3, -0.25) is 4.79 Å². The molecule has 3 unspecified atom stereocenters. The van der Waals surface area contributed by atoms with Crippen molar-refractivity contribution in [2.24, 2.45) is 5.92 Å². The molecule has 3 heteroatoms. The summed E-state index contributed by atoms with van der Waals surface area (Å²) in [5.74, 6) is 0.925. The minimum atomic E-state index is 0.388. The predicted octanol–water partition coefficient (Wildman–Crippen LogP) is 2.53. The number of nitrogens with one attached hydrogen (secondary N) is 1. The molecule has 3 aliphatic rings. The number of benzene rings is 1. The highest BCUT2D eigenvalue weighted by atomic mass is 16.2. The van der Waals surface area contributed by atoms with Gasteiger partial charge >= 0.3 is 0 Å². The molecule has 1 amide bonds. The van der Waals surface area contributed by atoms with Crippen LogP contribution in [0.3, 0.4) is 0 Å². The summed E-state index contributed by atoms with van der Waals surface area (Å²) in [7, 11) is 0. The van der Waals surface area contributed by atoms with Crippen molar-refractivity contribution in [1.29, 1.82) is 0 Å². The average Bonchev–Trinajstić information content (AvgIpc) is 2.86. The summed E-state index contributed by atoms with van der Waals surface area (Å²) in [6.45, 7) is 1.88. The average molecular weight is 298 g/mol. The van der Waals surface area contributed by atoms with E-state index in [0.29, 0.717) is 23.9 Å². The van der Waals surface area contributed by atoms with E-state index in [9.17, 15) is 4.79 Å². The van der Waals surface area contributed by atoms with Crippen LogP contribution in [-0.2, 0) is 17.6 Å². The van der Waals surface area contributed by atoms with Crippen LogP contribution in [0.15, 0.2) is 24.3 Å². The van der Waals surface area contributed by atoms with Crippen molar-refractivity contribution in [3.8, 4) is 0 Å². The van der Waals surface area contributed by atoms with Gasteiger partial charge in [0, 0.05) is 31.6 Å². The van der Waals surface area contributed by atoms with Gasteiger partial charge < -0.3 is 10.2 Å². The molecule has 2 heterocycles. The first-order valence-corrected chi connectivity index (χ1v) is 8.88. The number of hydrogen-bond donors (Lipinski definition) is 1. The Hall–Kier alpha value is -1.35. The third-order valence-electron chi connectivity index (χ3n) is 5.79. The number of rotatable bonds is 2. The molecule has 1 aromatic carbocycles. The van der Waals surface area contributed by atoms with E-state index in [1.54, 1.807) is 0 Å². The standard InChI is InChI=1S/C19H26N2O/c22-19(21-10-9-17-7-8-18(13-21)20-17)12-14-5-6-15-3-1-2-4-16(15)11-14/h1-4,14,17-18,20H,5-13H2. The zero-order valence-electron chi connectivity index (χ0n) is 13.3. The summed E-state index contributed by atoms with van der Waals surface area (Å²) in [6.07, 6.45) is 7.81. The molecule has 2 fully saturated rings. The molecule has 0 radical (unpaired) electrons. The van der Waals surface area contributed by atoms with Crippen molar-refractivity contribution in [3.05, 3.63) is 35.4 Å². The zero-order valence-corrected chi connectivity index (χ0v) is 13.3. The maximum absolute atomic E-state index is 12.7. The molecule has 0 spiro atoms. The maximum Gasteiger partial charge on any atom is 0.222 e. The molecule has 2 saturated heterocycles. The fourth-order valence-electron chi connectivity index (χ4n) is 4.49. The summed E-state index contributed by atoms with van der Waals surface area (Å²) >= 11 is 0. The van der Waals surface area contributed by atoms with Crippen molar-refractivity contribution < 1.29 is 4.79 Å². The van der Waals surface area contributed by atoms with Gasteiger partial charge in [0.1, 0.15) is 0 Å². The smallest absolute Gasteiger partial charge is 0.222 e. The summed E-state index contributed by atoms with van der Waals surface area (Å²) in [6, 6.07) is 9.93. The SMILES string of the molecule is O=C(CC1CCc2ccccc2C1)N1CCC2CCC(C1)N2. The molecular weight excluding hydrogens is 272 g/mol. The zero-order chi connectivity index (χ0) is 14.9. The fraction of sp³-hybridized carbons (Fsp3) is 0.632. The lowest BCUT2D eigenvalue weighted by Gasteiger charge is -2.29. The first-order valence-electron chi connectivity index (χ1n) is 8.88. The minimum absolute atomic E-state index is 0.388. The van der Waals surface area contributed by atoms with Crippen molar-refractivity contribution in [2.75, 3.05) is 13.1 Å². The van der Waals surface area contributed by atoms with Gasteiger partial charge in [-0.25, -0.2) is 0 Å². The Labute approximate surface area is 133 Å². The number of nitrogens with zero attached hydrogens (tertiary/aromatic N) is 1. The maximum atomic E-state index is 12.7. The molecular formula is C19H26N2O. The lowest BCUT2D eigenvalue weighted by atomic mass is 9.82. The topological polar surface area (TPSA) is 32.3 Å². The Kier molecular flexibility index (Phi) is 3.91. The lowest BCUT2D eigenvalue weighted by Crippen LogP contribution is -2.40. The molecule has 4 rings (SSSR count). The Morgan fingerprint density at radius 3 is 2.82 bits per heavy atom. The second-order valence-corrected chi connectivity index (χ2v) is 7.35. The molecule has 2 aliphatic heterocycles. The van der Waals surface area contributed by atoms with E-state index >= 15 is 0 Å². The highest BCUT2D eigenvalue weighted by Crippen LogP contribution is 2.28. The number of amides is 1. The van der Waals surface area contributed by atoms with Crippen LogP contribution in [0.4, 0.5) is 0 Å². The van der Waals surface area contributed by atoms with Crippen molar-refractivity contribution >= 4 is 5.91 Å². The van der Waals surface area contributed by atoms with Gasteiger partial charge in [-0.15, -0.1) is 0 Å². The fourth-order valence-corrected chi connectivity index (χ4v) is 4.49. The number of carbonyl (C=O) groups is 1. The summed E-state index contributed by atoms with van der Waals surface area (Å²) in [4.78, 5) is 14.8. The third kappa shape index (κ3) is 2.91. The summed E-state index contributed by atoms with van der Waals surface area (Å²) in [5.41, 5.74) is 2.95. The predicted molar refractivity (Wildman–Crippen MR) is 87.7 cm³/mol. The molecule has 3 atom stereocenters. The minimum Gasteiger partial charge on any atom is -0.341 e. The Morgan fingerprint density at radius 1 is 1.09 bits per heavy atom. The highest BCUT2D eigenvalue weighted by Gasteiger charge is 2.32. The largest absolute Gasteiger partial charge is 0.341 e. The lowest BCUT2D eigenvalue weighted by molar-refractivity contribution is -0.132. The van der Waals surface area contributed by atoms with Gasteiger partial charge in [-0.2, -0.15) is 0 Å². The van der Waals surface area contributed by atoms with Crippen LogP contribution in [0.5, 0.6) is 0 Å². The van der Waals surface area contributed by atoms with E-state index in [1.807, 2.05) is 0 Å². The van der Waals surface area contributed by atoms with E-state index in [4.69, 9.17) is 0 Å². The molecule has 0 aromatic heterocycles. The van der Waals surface area contributed by atoms with Gasteiger partial charge in [0.25, 0.3) is 0 Å². The van der Waals surface area contributed by atoms with E-state index < -0.39 is 0 Å². The van der Waals surface area contributed by atoms with Crippen LogP contribution >= 0.6 is 0 Å². The van der Waals surface area contributed by atoms with E-state index in [1.165, 1.54) is 30.4 Å². The van der Waals surface area contributed by atoms with Gasteiger partial charge in [0.05, 0.1) is 0 Å². The molecule has 1 N–H and O–H groups in total. The molecule has 118 valence electrons. The summed E-state index contributed by atoms with van der Waals surface area (Å²) in [5, 5.41) is 3.66. The highest BCUT2D eigenvalue weighted by molar-refractivity contribution is 5.76. The van der Waals surface area contributed by atoms with Crippen molar-refractivity contribution in [2.45, 2.75) is 57.0 Å². The van der Waals surface area contributed by atoms with Gasteiger partial charge in [-0.1, -0.05) is 24.3 Å². The second kappa shape index (κ2) is 6.04. The van der Waals surface area contributed by atoms with Gasteiger partial charge in [0.15, 0.2) is 0 Å². The van der Waals surface area contributed by atoms with Crippen LogP contribution in [-0.4, -0.2) is 36.0 Å². The Balaban J connectivity index is 1.36. The summed E-state index contributed by atoms with van der Waals surface area (Å²) < 4.78 is 0. The Bertz CT molecular complexity index is 556. The van der Waals surface area contributed by atoms with Crippen molar-refractivity contribution in [3.63, 3.8) is 0 Å². The number of hydrogen-bond acceptors (Lipinski definition) is 2. The van der Waals surface area contributed by atoms with Crippen LogP contribution < -0.4 is 5.32 Å². The van der Waals surface area contributed by atoms with Crippen LogP contribution in [0, 0.1) is 5.92 Å². The molecule has 1 aliphatic carbocycles. The molecule has 1 aromatic rings. The number of carbonyl (C=O) groups excluding carboxylic acids is 1. The molecule has 2 bridgehead atoms. The number of likely N-dealkylation sites (tertiary alicyclic amines) is 1.